The monoisotopic (exact) mass is 233 g/mol. The summed E-state index contributed by atoms with van der Waals surface area (Å²) in [6.45, 7) is 1.53. The van der Waals surface area contributed by atoms with Crippen LogP contribution in [0, 0.1) is 5.82 Å². The zero-order chi connectivity index (χ0) is 11.9. The van der Waals surface area contributed by atoms with E-state index < -0.39 is 0 Å². The van der Waals surface area contributed by atoms with Gasteiger partial charge in [-0.1, -0.05) is 24.3 Å². The third-order valence-electron chi connectivity index (χ3n) is 3.69. The van der Waals surface area contributed by atoms with Crippen LogP contribution in [-0.2, 0) is 11.3 Å². The van der Waals surface area contributed by atoms with Gasteiger partial charge in [-0.25, -0.2) is 4.39 Å². The molecule has 1 heterocycles. The van der Waals surface area contributed by atoms with Crippen molar-refractivity contribution in [3.63, 3.8) is 0 Å². The molecule has 1 aliphatic heterocycles. The standard InChI is InChI=1S/C14H16FNO/c1-16-9-13(8-14(16)6-7-14)17-10-11-2-4-12(15)5-3-11/h2-7,13H,8-10H2,1H3. The lowest BCUT2D eigenvalue weighted by atomic mass is 10.1. The van der Waals surface area contributed by atoms with Crippen molar-refractivity contribution in [3.8, 4) is 0 Å². The second kappa shape index (κ2) is 3.93. The zero-order valence-electron chi connectivity index (χ0n) is 9.90. The van der Waals surface area contributed by atoms with Crippen LogP contribution in [0.5, 0.6) is 0 Å². The number of nitrogens with zero attached hydrogens (tertiary/aromatic N) is 1. The lowest BCUT2D eigenvalue weighted by molar-refractivity contribution is 0.0481. The molecule has 0 radical (unpaired) electrons. The second-order valence-electron chi connectivity index (χ2n) is 4.97. The van der Waals surface area contributed by atoms with Crippen molar-refractivity contribution in [1.29, 1.82) is 0 Å². The molecular weight excluding hydrogens is 217 g/mol. The molecule has 0 saturated carbocycles. The molecule has 17 heavy (non-hydrogen) atoms. The summed E-state index contributed by atoms with van der Waals surface area (Å²) in [4.78, 5) is 2.32. The first-order valence-corrected chi connectivity index (χ1v) is 5.96. The lowest BCUT2D eigenvalue weighted by Crippen LogP contribution is -2.28. The molecular formula is C14H16FNO. The lowest BCUT2D eigenvalue weighted by Gasteiger charge is -2.16. The maximum absolute atomic E-state index is 12.7. The highest BCUT2D eigenvalue weighted by Gasteiger charge is 2.46. The molecule has 2 aliphatic rings. The first-order valence-electron chi connectivity index (χ1n) is 5.96. The Morgan fingerprint density at radius 3 is 2.65 bits per heavy atom. The third kappa shape index (κ3) is 2.13. The van der Waals surface area contributed by atoms with Crippen LogP contribution in [-0.4, -0.2) is 30.1 Å². The van der Waals surface area contributed by atoms with Crippen molar-refractivity contribution in [3.05, 3.63) is 47.8 Å². The van der Waals surface area contributed by atoms with Gasteiger partial charge in [-0.15, -0.1) is 0 Å². The maximum atomic E-state index is 12.7. The molecule has 1 atom stereocenters. The molecule has 1 aromatic carbocycles. The van der Waals surface area contributed by atoms with Gasteiger partial charge in [-0.2, -0.15) is 0 Å². The highest BCUT2D eigenvalue weighted by Crippen LogP contribution is 2.41. The molecule has 0 amide bonds. The molecule has 3 rings (SSSR count). The average molecular weight is 233 g/mol. The van der Waals surface area contributed by atoms with Crippen molar-refractivity contribution < 1.29 is 9.13 Å². The van der Waals surface area contributed by atoms with Gasteiger partial charge in [0.25, 0.3) is 0 Å². The summed E-state index contributed by atoms with van der Waals surface area (Å²) in [7, 11) is 2.13. The number of ether oxygens (including phenoxy) is 1. The Bertz CT molecular complexity index is 434. The summed E-state index contributed by atoms with van der Waals surface area (Å²) >= 11 is 0. The number of benzene rings is 1. The van der Waals surface area contributed by atoms with E-state index in [1.54, 1.807) is 12.1 Å². The van der Waals surface area contributed by atoms with E-state index in [0.29, 0.717) is 6.61 Å². The minimum atomic E-state index is -0.199. The number of likely N-dealkylation sites (tertiary alicyclic amines) is 1. The third-order valence-corrected chi connectivity index (χ3v) is 3.69. The molecule has 1 aromatic rings. The van der Waals surface area contributed by atoms with Crippen molar-refractivity contribution >= 4 is 0 Å². The second-order valence-corrected chi connectivity index (χ2v) is 4.97. The Morgan fingerprint density at radius 1 is 1.35 bits per heavy atom. The van der Waals surface area contributed by atoms with Gasteiger partial charge in [0.1, 0.15) is 5.82 Å². The van der Waals surface area contributed by atoms with Crippen LogP contribution >= 0.6 is 0 Å². The van der Waals surface area contributed by atoms with E-state index in [1.165, 1.54) is 12.1 Å². The van der Waals surface area contributed by atoms with E-state index in [2.05, 4.69) is 24.1 Å². The molecule has 1 fully saturated rings. The van der Waals surface area contributed by atoms with Crippen molar-refractivity contribution in [2.75, 3.05) is 13.6 Å². The smallest absolute Gasteiger partial charge is 0.123 e. The largest absolute Gasteiger partial charge is 0.372 e. The topological polar surface area (TPSA) is 12.5 Å². The summed E-state index contributed by atoms with van der Waals surface area (Å²) in [5.74, 6) is -0.199. The van der Waals surface area contributed by atoms with Crippen LogP contribution in [0.1, 0.15) is 12.0 Å². The molecule has 1 saturated heterocycles. The summed E-state index contributed by atoms with van der Waals surface area (Å²) < 4.78 is 18.6. The summed E-state index contributed by atoms with van der Waals surface area (Å²) in [6, 6.07) is 6.51. The van der Waals surface area contributed by atoms with Crippen molar-refractivity contribution in [1.82, 2.24) is 4.90 Å². The molecule has 2 nitrogen and oxygen atoms in total. The average Bonchev–Trinajstić information content (AvgIpc) is 3.01. The summed E-state index contributed by atoms with van der Waals surface area (Å²) in [5.41, 5.74) is 1.24. The van der Waals surface area contributed by atoms with Crippen LogP contribution in [0.25, 0.3) is 0 Å². The van der Waals surface area contributed by atoms with Gasteiger partial charge >= 0.3 is 0 Å². The molecule has 3 heteroatoms. The highest BCUT2D eigenvalue weighted by atomic mass is 19.1. The maximum Gasteiger partial charge on any atom is 0.123 e. The molecule has 90 valence electrons. The van der Waals surface area contributed by atoms with Gasteiger partial charge in [-0.3, -0.25) is 4.90 Å². The minimum Gasteiger partial charge on any atom is -0.372 e. The predicted octanol–water partition coefficient (Wildman–Crippen LogP) is 2.36. The Hall–Kier alpha value is -1.19. The van der Waals surface area contributed by atoms with Gasteiger partial charge in [0.05, 0.1) is 18.2 Å². The Kier molecular flexibility index (Phi) is 2.53. The number of hydrogen-bond acceptors (Lipinski definition) is 2. The van der Waals surface area contributed by atoms with Crippen LogP contribution in [0.4, 0.5) is 4.39 Å². The fraction of sp³-hybridized carbons (Fsp3) is 0.429. The zero-order valence-corrected chi connectivity index (χ0v) is 9.90. The SMILES string of the molecule is CN1CC(OCc2ccc(F)cc2)CC12C=C2. The van der Waals surface area contributed by atoms with Crippen LogP contribution in [0.15, 0.2) is 36.4 Å². The van der Waals surface area contributed by atoms with Crippen molar-refractivity contribution in [2.24, 2.45) is 0 Å². The van der Waals surface area contributed by atoms with E-state index in [-0.39, 0.29) is 17.5 Å². The molecule has 0 aromatic heterocycles. The highest BCUT2D eigenvalue weighted by molar-refractivity contribution is 5.36. The van der Waals surface area contributed by atoms with Gasteiger partial charge in [-0.05, 0) is 24.7 Å². The van der Waals surface area contributed by atoms with E-state index >= 15 is 0 Å². The quantitative estimate of drug-likeness (QED) is 0.743. The fourth-order valence-electron chi connectivity index (χ4n) is 2.45. The van der Waals surface area contributed by atoms with E-state index in [1.807, 2.05) is 0 Å². The minimum absolute atomic E-state index is 0.199. The first kappa shape index (κ1) is 10.9. The summed E-state index contributed by atoms with van der Waals surface area (Å²) in [6.07, 6.45) is 5.78. The fourth-order valence-corrected chi connectivity index (χ4v) is 2.45. The number of halogens is 1. The summed E-state index contributed by atoms with van der Waals surface area (Å²) in [5, 5.41) is 0. The van der Waals surface area contributed by atoms with E-state index in [0.717, 1.165) is 18.5 Å². The first-order chi connectivity index (χ1) is 8.18. The number of rotatable bonds is 3. The Morgan fingerprint density at radius 2 is 2.06 bits per heavy atom. The van der Waals surface area contributed by atoms with Crippen LogP contribution in [0.3, 0.4) is 0 Å². The normalized spacial score (nSPS) is 25.6. The van der Waals surface area contributed by atoms with Gasteiger partial charge in [0.2, 0.25) is 0 Å². The molecule has 1 unspecified atom stereocenters. The predicted molar refractivity (Wildman–Crippen MR) is 64.1 cm³/mol. The molecule has 1 spiro atoms. The van der Waals surface area contributed by atoms with Crippen molar-refractivity contribution in [2.45, 2.75) is 24.7 Å². The molecule has 1 aliphatic carbocycles. The van der Waals surface area contributed by atoms with Gasteiger partial charge in [0, 0.05) is 13.0 Å². The molecule has 0 bridgehead atoms. The van der Waals surface area contributed by atoms with Crippen LogP contribution in [0.2, 0.25) is 0 Å². The Balaban J connectivity index is 1.53. The van der Waals surface area contributed by atoms with Crippen LogP contribution < -0.4 is 0 Å². The Labute approximate surface area is 101 Å². The van der Waals surface area contributed by atoms with E-state index in [4.69, 9.17) is 4.74 Å². The number of likely N-dealkylation sites (N-methyl/N-ethyl adjacent to an activating group) is 1. The molecule has 0 N–H and O–H groups in total. The number of hydrogen-bond donors (Lipinski definition) is 0. The van der Waals surface area contributed by atoms with Gasteiger partial charge < -0.3 is 4.74 Å². The van der Waals surface area contributed by atoms with Gasteiger partial charge in [0.15, 0.2) is 0 Å². The van der Waals surface area contributed by atoms with E-state index in [9.17, 15) is 4.39 Å².